The second-order valence-electron chi connectivity index (χ2n) is 1.92. The molecule has 0 amide bonds. The molecule has 0 aliphatic carbocycles. The van der Waals surface area contributed by atoms with Crippen molar-refractivity contribution in [3.05, 3.63) is 60.7 Å². The fraction of sp³-hybridized carbons (Fsp3) is 0.0909. The quantitative estimate of drug-likeness (QED) is 0.282. The number of halogens is 2. The Balaban J connectivity index is -0.0000000592. The van der Waals surface area contributed by atoms with Crippen LogP contribution in [-0.2, 0) is 21.7 Å². The average Bonchev–Trinajstić information content (AvgIpc) is 2.87. The number of rotatable bonds is 0. The van der Waals surface area contributed by atoms with Crippen molar-refractivity contribution in [1.82, 2.24) is 0 Å². The monoisotopic (exact) mass is 296 g/mol. The molecule has 0 nitrogen and oxygen atoms in total. The van der Waals surface area contributed by atoms with E-state index in [1.54, 1.807) is 0 Å². The van der Waals surface area contributed by atoms with Gasteiger partial charge in [-0.3, -0.25) is 0 Å². The molecule has 1 unspecified atom stereocenters. The summed E-state index contributed by atoms with van der Waals surface area (Å²) in [5, 5.41) is 0. The summed E-state index contributed by atoms with van der Waals surface area (Å²) in [6.45, 7) is 1.92. The van der Waals surface area contributed by atoms with E-state index < -0.39 is 0 Å². The van der Waals surface area contributed by atoms with Gasteiger partial charge in [0.25, 0.3) is 0 Å². The Morgan fingerprint density at radius 1 is 0.667 bits per heavy atom. The molecule has 4 heteroatoms. The van der Waals surface area contributed by atoms with Crippen LogP contribution in [0.1, 0.15) is 0 Å². The molecule has 0 N–H and O–H groups in total. The average molecular weight is 297 g/mol. The van der Waals surface area contributed by atoms with Crippen LogP contribution in [0.5, 0.6) is 0 Å². The van der Waals surface area contributed by atoms with Crippen molar-refractivity contribution in [2.45, 2.75) is 0 Å². The van der Waals surface area contributed by atoms with Gasteiger partial charge in [0, 0.05) is 0 Å². The minimum Gasteiger partial charge on any atom is -1.00 e. The van der Waals surface area contributed by atoms with Gasteiger partial charge in [-0.1, -0.05) is 6.66 Å². The van der Waals surface area contributed by atoms with Crippen LogP contribution >= 0.6 is 9.24 Å². The summed E-state index contributed by atoms with van der Waals surface area (Å²) >= 11 is 0. The molecule has 0 fully saturated rings. The van der Waals surface area contributed by atoms with E-state index in [0.29, 0.717) is 0 Å². The van der Waals surface area contributed by atoms with Crippen molar-refractivity contribution in [2.75, 3.05) is 6.66 Å². The zero-order valence-electron chi connectivity index (χ0n) is 8.61. The van der Waals surface area contributed by atoms with Crippen LogP contribution in [0, 0.1) is 0 Å². The second-order valence-corrected chi connectivity index (χ2v) is 1.92. The summed E-state index contributed by atoms with van der Waals surface area (Å²) in [6, 6.07) is 20.0. The molecule has 15 heavy (non-hydrogen) atoms. The summed E-state index contributed by atoms with van der Waals surface area (Å²) in [5.41, 5.74) is 0. The number of hydrogen-bond acceptors (Lipinski definition) is 0. The van der Waals surface area contributed by atoms with Crippen molar-refractivity contribution in [3.8, 4) is 0 Å². The van der Waals surface area contributed by atoms with Crippen LogP contribution in [0.3, 0.4) is 0 Å². The van der Waals surface area contributed by atoms with Crippen LogP contribution in [0.25, 0.3) is 0 Å². The molecule has 0 saturated heterocycles. The molecule has 0 aliphatic heterocycles. The third-order valence-corrected chi connectivity index (χ3v) is 1.11. The maximum Gasteiger partial charge on any atom is 4.00 e. The molecule has 0 aliphatic rings. The standard InChI is InChI=1S/2C5H5.CH5P.2ClH.Ti/c2*1-2-4-5-3-1;1-2;;;/h2*1-5H;2H2,1H3;2*1H;/q2*-1;;;;+4/p-2. The van der Waals surface area contributed by atoms with E-state index in [9.17, 15) is 0 Å². The molecule has 2 rings (SSSR count). The number of hydrogen-bond donors (Lipinski definition) is 0. The van der Waals surface area contributed by atoms with Crippen LogP contribution in [0.4, 0.5) is 0 Å². The summed E-state index contributed by atoms with van der Waals surface area (Å²) in [7, 11) is 2.42. The first kappa shape index (κ1) is 24.6. The van der Waals surface area contributed by atoms with Gasteiger partial charge in [-0.15, -0.1) is 9.24 Å². The third kappa shape index (κ3) is 20.5. The predicted octanol–water partition coefficient (Wildman–Crippen LogP) is -2.69. The summed E-state index contributed by atoms with van der Waals surface area (Å²) in [4.78, 5) is 0. The summed E-state index contributed by atoms with van der Waals surface area (Å²) < 4.78 is 0. The molecule has 0 spiro atoms. The Morgan fingerprint density at radius 2 is 0.867 bits per heavy atom. The Bertz CT molecular complexity index is 158. The largest absolute Gasteiger partial charge is 4.00 e. The van der Waals surface area contributed by atoms with Gasteiger partial charge >= 0.3 is 21.7 Å². The molecule has 82 valence electrons. The van der Waals surface area contributed by atoms with Crippen molar-refractivity contribution in [2.24, 2.45) is 0 Å². The third-order valence-electron chi connectivity index (χ3n) is 1.11. The molecule has 2 aromatic carbocycles. The van der Waals surface area contributed by atoms with Crippen molar-refractivity contribution < 1.29 is 46.5 Å². The van der Waals surface area contributed by atoms with Gasteiger partial charge in [-0.2, -0.15) is 36.4 Å². The van der Waals surface area contributed by atoms with Gasteiger partial charge in [-0.05, 0) is 0 Å². The van der Waals surface area contributed by atoms with E-state index in [-0.39, 0.29) is 46.5 Å². The van der Waals surface area contributed by atoms with Crippen molar-refractivity contribution in [3.63, 3.8) is 0 Å². The zero-order valence-corrected chi connectivity index (χ0v) is 12.8. The van der Waals surface area contributed by atoms with E-state index in [4.69, 9.17) is 0 Å². The molecule has 0 heterocycles. The maximum atomic E-state index is 2.42. The maximum absolute atomic E-state index is 2.42. The first-order chi connectivity index (χ1) is 6.00. The minimum atomic E-state index is 0. The Hall–Kier alpha value is 0.424. The normalized spacial score (nSPS) is 5.73. The molecular weight excluding hydrogens is 282 g/mol. The smallest absolute Gasteiger partial charge is 1.00 e. The Morgan fingerprint density at radius 3 is 0.933 bits per heavy atom. The second kappa shape index (κ2) is 23.9. The molecule has 0 saturated carbocycles. The predicted molar refractivity (Wildman–Crippen MR) is 59.7 cm³/mol. The van der Waals surface area contributed by atoms with E-state index >= 15 is 0 Å². The zero-order chi connectivity index (χ0) is 9.07. The fourth-order valence-electron chi connectivity index (χ4n) is 0.642. The molecule has 0 aromatic heterocycles. The van der Waals surface area contributed by atoms with Crippen LogP contribution < -0.4 is 24.8 Å². The van der Waals surface area contributed by atoms with E-state index in [1.165, 1.54) is 0 Å². The minimum absolute atomic E-state index is 0. The van der Waals surface area contributed by atoms with Crippen LogP contribution in [-0.4, -0.2) is 6.66 Å². The summed E-state index contributed by atoms with van der Waals surface area (Å²) in [5.74, 6) is 0. The molecule has 0 radical (unpaired) electrons. The van der Waals surface area contributed by atoms with Crippen LogP contribution in [0.2, 0.25) is 0 Å². The fourth-order valence-corrected chi connectivity index (χ4v) is 0.642. The van der Waals surface area contributed by atoms with Gasteiger partial charge in [0.1, 0.15) is 0 Å². The van der Waals surface area contributed by atoms with Gasteiger partial charge in [-0.25, -0.2) is 24.3 Å². The SMILES string of the molecule is CP.[Cl-].[Cl-].[Ti+4].c1cc[cH-]c1.c1cc[cH-]c1. The van der Waals surface area contributed by atoms with E-state index in [1.807, 2.05) is 67.3 Å². The van der Waals surface area contributed by atoms with Gasteiger partial charge < -0.3 is 24.8 Å². The van der Waals surface area contributed by atoms with Gasteiger partial charge in [0.15, 0.2) is 0 Å². The van der Waals surface area contributed by atoms with Gasteiger partial charge in [0.2, 0.25) is 0 Å². The molecule has 1 atom stereocenters. The molecule has 0 bridgehead atoms. The van der Waals surface area contributed by atoms with E-state index in [2.05, 4.69) is 9.24 Å². The molecule has 2 aromatic rings. The molecular formula is C11H15Cl2PTi. The van der Waals surface area contributed by atoms with Crippen molar-refractivity contribution >= 4 is 9.24 Å². The Kier molecular flexibility index (Phi) is 39.2. The van der Waals surface area contributed by atoms with E-state index in [0.717, 1.165) is 0 Å². The first-order valence-corrected chi connectivity index (χ1v) is 5.07. The Labute approximate surface area is 122 Å². The first-order valence-electron chi connectivity index (χ1n) is 3.91. The topological polar surface area (TPSA) is 0 Å². The van der Waals surface area contributed by atoms with Gasteiger partial charge in [0.05, 0.1) is 0 Å². The van der Waals surface area contributed by atoms with Crippen molar-refractivity contribution in [1.29, 1.82) is 0 Å². The van der Waals surface area contributed by atoms with Crippen LogP contribution in [0.15, 0.2) is 60.7 Å². The summed E-state index contributed by atoms with van der Waals surface area (Å²) in [6.07, 6.45) is 0.